The molecule has 0 N–H and O–H groups in total. The van der Waals surface area contributed by atoms with Gasteiger partial charge >= 0.3 is 0 Å². The van der Waals surface area contributed by atoms with Gasteiger partial charge in [0.25, 0.3) is 0 Å². The summed E-state index contributed by atoms with van der Waals surface area (Å²) < 4.78 is 28.0. The molecule has 2 aromatic heterocycles. The maximum atomic E-state index is 13.3. The Bertz CT molecular complexity index is 1360. The number of hydrogen-bond donors (Lipinski definition) is 0. The van der Waals surface area contributed by atoms with Crippen molar-refractivity contribution in [2.45, 2.75) is 38.1 Å². The van der Waals surface area contributed by atoms with Crippen LogP contribution in [0.2, 0.25) is 0 Å². The Kier molecular flexibility index (Phi) is 6.29. The van der Waals surface area contributed by atoms with E-state index in [4.69, 9.17) is 9.97 Å². The van der Waals surface area contributed by atoms with Crippen molar-refractivity contribution < 1.29 is 8.42 Å². The fourth-order valence-corrected chi connectivity index (χ4v) is 7.38. The van der Waals surface area contributed by atoms with Crippen molar-refractivity contribution in [2.24, 2.45) is 0 Å². The number of nitriles is 1. The number of hydrogen-bond acceptors (Lipinski definition) is 8. The first-order chi connectivity index (χ1) is 16.4. The highest BCUT2D eigenvalue weighted by atomic mass is 32.2. The predicted octanol–water partition coefficient (Wildman–Crippen LogP) is 3.29. The second-order valence-corrected chi connectivity index (χ2v) is 12.0. The lowest BCUT2D eigenvalue weighted by molar-refractivity contribution is 0.322. The lowest BCUT2D eigenvalue weighted by Crippen LogP contribution is -2.49. The number of rotatable bonds is 5. The van der Waals surface area contributed by atoms with E-state index in [2.05, 4.69) is 23.6 Å². The maximum absolute atomic E-state index is 13.3. The highest BCUT2D eigenvalue weighted by Crippen LogP contribution is 2.36. The van der Waals surface area contributed by atoms with Crippen molar-refractivity contribution in [3.63, 3.8) is 0 Å². The molecule has 0 atom stereocenters. The summed E-state index contributed by atoms with van der Waals surface area (Å²) in [5.74, 6) is 1.75. The molecule has 0 bridgehead atoms. The van der Waals surface area contributed by atoms with Gasteiger partial charge in [0, 0.05) is 31.1 Å². The molecule has 2 saturated heterocycles. The topological polar surface area (TPSA) is 93.4 Å². The highest BCUT2D eigenvalue weighted by molar-refractivity contribution is 7.89. The van der Waals surface area contributed by atoms with Gasteiger partial charge in [-0.05, 0) is 57.5 Å². The second kappa shape index (κ2) is 9.23. The largest absolute Gasteiger partial charge is 0.353 e. The SMILES string of the molecule is Cc1sc2nc(CN3CCCC3)nc(N3CCN(S(=O)(=O)c4ccccc4C#N)CC3)c2c1C. The van der Waals surface area contributed by atoms with Gasteiger partial charge in [0.1, 0.15) is 22.5 Å². The van der Waals surface area contributed by atoms with Gasteiger partial charge in [0.15, 0.2) is 0 Å². The Hall–Kier alpha value is -2.58. The van der Waals surface area contributed by atoms with Crippen LogP contribution < -0.4 is 4.90 Å². The molecule has 0 unspecified atom stereocenters. The molecular formula is C24H28N6O2S2. The number of sulfonamides is 1. The van der Waals surface area contributed by atoms with Crippen molar-refractivity contribution in [1.82, 2.24) is 19.2 Å². The average molecular weight is 497 g/mol. The van der Waals surface area contributed by atoms with Gasteiger partial charge in [0.05, 0.1) is 22.4 Å². The average Bonchev–Trinajstić information content (AvgIpc) is 3.46. The first-order valence-corrected chi connectivity index (χ1v) is 13.9. The summed E-state index contributed by atoms with van der Waals surface area (Å²) >= 11 is 1.70. The molecule has 0 aliphatic carbocycles. The zero-order valence-corrected chi connectivity index (χ0v) is 21.1. The normalized spacial score (nSPS) is 18.0. The number of aryl methyl sites for hydroxylation is 2. The molecule has 3 aromatic rings. The zero-order chi connectivity index (χ0) is 23.9. The minimum absolute atomic E-state index is 0.0765. The molecule has 10 heteroatoms. The van der Waals surface area contributed by atoms with E-state index in [0.29, 0.717) is 26.2 Å². The molecule has 2 aliphatic rings. The van der Waals surface area contributed by atoms with E-state index in [1.54, 1.807) is 29.5 Å². The lowest BCUT2D eigenvalue weighted by atomic mass is 10.2. The maximum Gasteiger partial charge on any atom is 0.244 e. The number of fused-ring (bicyclic) bond motifs is 1. The van der Waals surface area contributed by atoms with Crippen LogP contribution in [0.5, 0.6) is 0 Å². The summed E-state index contributed by atoms with van der Waals surface area (Å²) in [6.45, 7) is 8.91. The Balaban J connectivity index is 1.42. The van der Waals surface area contributed by atoms with Crippen LogP contribution in [-0.2, 0) is 16.6 Å². The molecule has 4 heterocycles. The van der Waals surface area contributed by atoms with E-state index in [0.717, 1.165) is 41.5 Å². The van der Waals surface area contributed by atoms with Crippen LogP contribution >= 0.6 is 11.3 Å². The fourth-order valence-electron chi connectivity index (χ4n) is 4.78. The standard InChI is InChI=1S/C24H28N6O2S2/c1-17-18(2)33-24-22(17)23(26-21(27-24)16-28-9-5-6-10-28)29-11-13-30(14-12-29)34(31,32)20-8-4-3-7-19(20)15-25/h3-4,7-8H,5-6,9-14,16H2,1-2H3. The van der Waals surface area contributed by atoms with E-state index in [1.165, 1.54) is 33.7 Å². The van der Waals surface area contributed by atoms with Crippen LogP contribution in [0.3, 0.4) is 0 Å². The monoisotopic (exact) mass is 496 g/mol. The van der Waals surface area contributed by atoms with E-state index in [1.807, 2.05) is 6.07 Å². The van der Waals surface area contributed by atoms with Crippen LogP contribution in [0.4, 0.5) is 5.82 Å². The van der Waals surface area contributed by atoms with Crippen molar-refractivity contribution >= 4 is 37.4 Å². The minimum Gasteiger partial charge on any atom is -0.353 e. The molecule has 0 saturated carbocycles. The van der Waals surface area contributed by atoms with Crippen LogP contribution in [0.1, 0.15) is 34.7 Å². The van der Waals surface area contributed by atoms with Crippen molar-refractivity contribution in [3.05, 3.63) is 46.1 Å². The van der Waals surface area contributed by atoms with Crippen LogP contribution in [0.15, 0.2) is 29.2 Å². The molecule has 2 fully saturated rings. The first kappa shape index (κ1) is 23.2. The van der Waals surface area contributed by atoms with Gasteiger partial charge < -0.3 is 4.90 Å². The molecule has 1 aromatic carbocycles. The fraction of sp³-hybridized carbons (Fsp3) is 0.458. The summed E-state index contributed by atoms with van der Waals surface area (Å²) in [6, 6.07) is 8.40. The predicted molar refractivity (Wildman–Crippen MR) is 134 cm³/mol. The van der Waals surface area contributed by atoms with E-state index in [-0.39, 0.29) is 10.5 Å². The Morgan fingerprint density at radius 2 is 1.74 bits per heavy atom. The first-order valence-electron chi connectivity index (χ1n) is 11.6. The number of anilines is 1. The molecule has 0 amide bonds. The number of thiophene rings is 1. The van der Waals surface area contributed by atoms with Gasteiger partial charge in [-0.3, -0.25) is 4.90 Å². The number of piperazine rings is 1. The number of nitrogens with zero attached hydrogens (tertiary/aromatic N) is 6. The molecular weight excluding hydrogens is 468 g/mol. The second-order valence-electron chi connectivity index (χ2n) is 8.91. The Labute approximate surface area is 204 Å². The third-order valence-corrected chi connectivity index (χ3v) is 9.84. The number of benzene rings is 1. The molecule has 5 rings (SSSR count). The van der Waals surface area contributed by atoms with E-state index < -0.39 is 10.0 Å². The van der Waals surface area contributed by atoms with E-state index >= 15 is 0 Å². The van der Waals surface area contributed by atoms with Crippen molar-refractivity contribution in [2.75, 3.05) is 44.2 Å². The summed E-state index contributed by atoms with van der Waals surface area (Å²) in [7, 11) is -3.73. The number of aromatic nitrogens is 2. The summed E-state index contributed by atoms with van der Waals surface area (Å²) in [4.78, 5) is 16.8. The third kappa shape index (κ3) is 4.18. The molecule has 178 valence electrons. The lowest BCUT2D eigenvalue weighted by Gasteiger charge is -2.35. The minimum atomic E-state index is -3.73. The molecule has 2 aliphatic heterocycles. The smallest absolute Gasteiger partial charge is 0.244 e. The van der Waals surface area contributed by atoms with Gasteiger partial charge in [-0.1, -0.05) is 12.1 Å². The van der Waals surface area contributed by atoms with Crippen LogP contribution in [-0.4, -0.2) is 66.9 Å². The molecule has 0 spiro atoms. The van der Waals surface area contributed by atoms with Gasteiger partial charge in [-0.2, -0.15) is 9.57 Å². The summed E-state index contributed by atoms with van der Waals surface area (Å²) in [5, 5.41) is 10.5. The van der Waals surface area contributed by atoms with Crippen LogP contribution in [0, 0.1) is 25.2 Å². The Morgan fingerprint density at radius 3 is 2.44 bits per heavy atom. The highest BCUT2D eigenvalue weighted by Gasteiger charge is 2.32. The van der Waals surface area contributed by atoms with Gasteiger partial charge in [-0.15, -0.1) is 11.3 Å². The molecule has 0 radical (unpaired) electrons. The Morgan fingerprint density at radius 1 is 1.03 bits per heavy atom. The van der Waals surface area contributed by atoms with Crippen LogP contribution in [0.25, 0.3) is 10.2 Å². The van der Waals surface area contributed by atoms with Crippen molar-refractivity contribution in [1.29, 1.82) is 5.26 Å². The van der Waals surface area contributed by atoms with Gasteiger partial charge in [-0.25, -0.2) is 18.4 Å². The quantitative estimate of drug-likeness (QED) is 0.535. The number of likely N-dealkylation sites (tertiary alicyclic amines) is 1. The summed E-state index contributed by atoms with van der Waals surface area (Å²) in [5.41, 5.74) is 1.37. The molecule has 34 heavy (non-hydrogen) atoms. The van der Waals surface area contributed by atoms with Gasteiger partial charge in [0.2, 0.25) is 10.0 Å². The zero-order valence-electron chi connectivity index (χ0n) is 19.5. The third-order valence-electron chi connectivity index (χ3n) is 6.78. The molecule has 8 nitrogen and oxygen atoms in total. The van der Waals surface area contributed by atoms with E-state index in [9.17, 15) is 13.7 Å². The summed E-state index contributed by atoms with van der Waals surface area (Å²) in [6.07, 6.45) is 2.44. The van der Waals surface area contributed by atoms with Crippen molar-refractivity contribution in [3.8, 4) is 6.07 Å².